The van der Waals surface area contributed by atoms with Gasteiger partial charge in [-0.15, -0.1) is 0 Å². The highest BCUT2D eigenvalue weighted by atomic mass is 19.4. The maximum Gasteiger partial charge on any atom is 0.425 e. The van der Waals surface area contributed by atoms with Gasteiger partial charge in [0.15, 0.2) is 6.10 Å². The molecule has 1 heterocycles. The molecule has 3 rings (SSSR count). The van der Waals surface area contributed by atoms with Crippen LogP contribution in [0.3, 0.4) is 0 Å². The van der Waals surface area contributed by atoms with Crippen molar-refractivity contribution >= 4 is 11.6 Å². The Labute approximate surface area is 142 Å². The van der Waals surface area contributed by atoms with Crippen LogP contribution in [0.2, 0.25) is 0 Å². The summed E-state index contributed by atoms with van der Waals surface area (Å²) >= 11 is 0. The molecule has 2 aromatic rings. The molecule has 0 aromatic heterocycles. The summed E-state index contributed by atoms with van der Waals surface area (Å²) in [7, 11) is 1.44. The van der Waals surface area contributed by atoms with E-state index in [4.69, 9.17) is 9.47 Å². The van der Waals surface area contributed by atoms with Crippen LogP contribution in [0.25, 0.3) is 11.1 Å². The van der Waals surface area contributed by atoms with Crippen LogP contribution >= 0.6 is 0 Å². The fraction of sp³-hybridized carbons (Fsp3) is 0.278. The number of benzene rings is 2. The highest BCUT2D eigenvalue weighted by Gasteiger charge is 2.38. The molecule has 1 atom stereocenters. The second kappa shape index (κ2) is 6.31. The van der Waals surface area contributed by atoms with Gasteiger partial charge in [0.2, 0.25) is 5.91 Å². The number of fused-ring (bicyclic) bond motifs is 1. The van der Waals surface area contributed by atoms with Gasteiger partial charge in [-0.2, -0.15) is 13.2 Å². The van der Waals surface area contributed by atoms with Gasteiger partial charge in [-0.05, 0) is 42.3 Å². The van der Waals surface area contributed by atoms with Crippen molar-refractivity contribution in [2.24, 2.45) is 0 Å². The summed E-state index contributed by atoms with van der Waals surface area (Å²) in [6.07, 6.45) is -6.21. The Hall–Kier alpha value is -2.70. The second-order valence-electron chi connectivity index (χ2n) is 5.73. The van der Waals surface area contributed by atoms with Crippen LogP contribution in [0, 0.1) is 0 Å². The first-order chi connectivity index (χ1) is 11.8. The zero-order valence-corrected chi connectivity index (χ0v) is 13.6. The molecule has 1 unspecified atom stereocenters. The summed E-state index contributed by atoms with van der Waals surface area (Å²) in [5, 5.41) is 2.72. The third kappa shape index (κ3) is 3.40. The summed E-state index contributed by atoms with van der Waals surface area (Å²) in [4.78, 5) is 11.5. The molecule has 4 nitrogen and oxygen atoms in total. The van der Waals surface area contributed by atoms with E-state index in [-0.39, 0.29) is 18.1 Å². The number of hydrogen-bond donors (Lipinski definition) is 1. The summed E-state index contributed by atoms with van der Waals surface area (Å²) < 4.78 is 49.1. The number of ether oxygens (including phenoxy) is 2. The average molecular weight is 351 g/mol. The number of methoxy groups -OCH3 is 1. The predicted octanol–water partition coefficient (Wildman–Crippen LogP) is 4.19. The van der Waals surface area contributed by atoms with Gasteiger partial charge in [0.05, 0.1) is 19.1 Å². The van der Waals surface area contributed by atoms with Crippen molar-refractivity contribution in [3.8, 4) is 22.6 Å². The highest BCUT2D eigenvalue weighted by molar-refractivity contribution is 6.00. The normalized spacial score (nSPS) is 14.7. The summed E-state index contributed by atoms with van der Waals surface area (Å²) in [5.41, 5.74) is 2.53. The molecule has 25 heavy (non-hydrogen) atoms. The molecule has 1 N–H and O–H groups in total. The Morgan fingerprint density at radius 2 is 1.88 bits per heavy atom. The minimum atomic E-state index is -4.48. The van der Waals surface area contributed by atoms with Crippen LogP contribution in [-0.4, -0.2) is 25.3 Å². The van der Waals surface area contributed by atoms with Crippen molar-refractivity contribution in [3.63, 3.8) is 0 Å². The van der Waals surface area contributed by atoms with E-state index in [9.17, 15) is 18.0 Å². The second-order valence-corrected chi connectivity index (χ2v) is 5.73. The molecule has 0 bridgehead atoms. The van der Waals surface area contributed by atoms with Gasteiger partial charge in [-0.25, -0.2) is 0 Å². The van der Waals surface area contributed by atoms with E-state index in [0.717, 1.165) is 12.5 Å². The third-order valence-corrected chi connectivity index (χ3v) is 3.99. The van der Waals surface area contributed by atoms with Gasteiger partial charge in [0.25, 0.3) is 0 Å². The van der Waals surface area contributed by atoms with Crippen LogP contribution in [-0.2, 0) is 11.2 Å². The van der Waals surface area contributed by atoms with Crippen LogP contribution in [0.15, 0.2) is 36.4 Å². The molecule has 7 heteroatoms. The lowest BCUT2D eigenvalue weighted by Gasteiger charge is -2.21. The number of anilines is 1. The Morgan fingerprint density at radius 3 is 2.56 bits per heavy atom. The van der Waals surface area contributed by atoms with Crippen molar-refractivity contribution in [2.75, 3.05) is 12.4 Å². The van der Waals surface area contributed by atoms with Crippen molar-refractivity contribution in [1.82, 2.24) is 0 Å². The molecule has 0 spiro atoms. The molecule has 1 aliphatic rings. The smallest absolute Gasteiger partial charge is 0.425 e. The van der Waals surface area contributed by atoms with Crippen molar-refractivity contribution in [1.29, 1.82) is 0 Å². The summed E-state index contributed by atoms with van der Waals surface area (Å²) in [5.74, 6) is 0.347. The number of carbonyl (C=O) groups is 1. The number of carbonyl (C=O) groups excluding carboxylic acids is 1. The van der Waals surface area contributed by atoms with Crippen molar-refractivity contribution < 1.29 is 27.4 Å². The summed E-state index contributed by atoms with van der Waals surface area (Å²) in [6.45, 7) is 0.953. The Bertz CT molecular complexity index is 818. The largest absolute Gasteiger partial charge is 0.496 e. The van der Waals surface area contributed by atoms with Gasteiger partial charge in [0, 0.05) is 5.69 Å². The van der Waals surface area contributed by atoms with Crippen LogP contribution in [0.1, 0.15) is 12.5 Å². The Balaban J connectivity index is 2.06. The quantitative estimate of drug-likeness (QED) is 0.899. The van der Waals surface area contributed by atoms with Crippen LogP contribution < -0.4 is 14.8 Å². The number of amides is 1. The molecule has 0 fully saturated rings. The number of halogens is 3. The van der Waals surface area contributed by atoms with E-state index in [1.165, 1.54) is 13.2 Å². The van der Waals surface area contributed by atoms with Gasteiger partial charge in [0.1, 0.15) is 11.5 Å². The molecular formula is C18H16F3NO3. The number of nitrogens with one attached hydrogen (secondary N) is 1. The number of hydrogen-bond acceptors (Lipinski definition) is 3. The predicted molar refractivity (Wildman–Crippen MR) is 86.9 cm³/mol. The first-order valence-corrected chi connectivity index (χ1v) is 7.63. The molecule has 1 aliphatic heterocycles. The van der Waals surface area contributed by atoms with Gasteiger partial charge in [-0.1, -0.05) is 12.1 Å². The minimum Gasteiger partial charge on any atom is -0.496 e. The fourth-order valence-corrected chi connectivity index (χ4v) is 2.71. The van der Waals surface area contributed by atoms with E-state index < -0.39 is 12.3 Å². The van der Waals surface area contributed by atoms with E-state index in [0.29, 0.717) is 22.6 Å². The zero-order valence-electron chi connectivity index (χ0n) is 13.6. The molecule has 0 saturated heterocycles. The van der Waals surface area contributed by atoms with Gasteiger partial charge < -0.3 is 14.8 Å². The SMILES string of the molecule is COc1cccc(OC(C)C(F)(F)F)c1-c1ccc2c(c1)CC(=O)N2. The maximum absolute atomic E-state index is 12.9. The topological polar surface area (TPSA) is 47.6 Å². The van der Waals surface area contributed by atoms with Crippen molar-refractivity contribution in [2.45, 2.75) is 25.6 Å². The van der Waals surface area contributed by atoms with E-state index in [1.54, 1.807) is 30.3 Å². The zero-order chi connectivity index (χ0) is 18.2. The van der Waals surface area contributed by atoms with Crippen LogP contribution in [0.4, 0.5) is 18.9 Å². The molecule has 0 aliphatic carbocycles. The van der Waals surface area contributed by atoms with E-state index in [2.05, 4.69) is 5.32 Å². The first-order valence-electron chi connectivity index (χ1n) is 7.63. The minimum absolute atomic E-state index is 0.0707. The number of alkyl halides is 3. The average Bonchev–Trinajstić information content (AvgIpc) is 2.92. The molecule has 0 radical (unpaired) electrons. The monoisotopic (exact) mass is 351 g/mol. The Kier molecular flexibility index (Phi) is 4.32. The lowest BCUT2D eigenvalue weighted by molar-refractivity contribution is -0.189. The first kappa shape index (κ1) is 17.1. The lowest BCUT2D eigenvalue weighted by Crippen LogP contribution is -2.31. The van der Waals surface area contributed by atoms with Crippen molar-refractivity contribution in [3.05, 3.63) is 42.0 Å². The molecule has 2 aromatic carbocycles. The van der Waals surface area contributed by atoms with E-state index >= 15 is 0 Å². The van der Waals surface area contributed by atoms with Crippen LogP contribution in [0.5, 0.6) is 11.5 Å². The van der Waals surface area contributed by atoms with Gasteiger partial charge in [-0.3, -0.25) is 4.79 Å². The lowest BCUT2D eigenvalue weighted by atomic mass is 10.00. The standard InChI is InChI=1S/C18H16F3NO3/c1-10(18(19,20)21)25-15-5-3-4-14(24-2)17(15)11-6-7-13-12(8-11)9-16(23)22-13/h3-8,10H,9H2,1-2H3,(H,22,23). The number of rotatable bonds is 4. The molecule has 0 saturated carbocycles. The Morgan fingerprint density at radius 1 is 1.16 bits per heavy atom. The highest BCUT2D eigenvalue weighted by Crippen LogP contribution is 2.41. The van der Waals surface area contributed by atoms with E-state index in [1.807, 2.05) is 0 Å². The fourth-order valence-electron chi connectivity index (χ4n) is 2.71. The molecule has 1 amide bonds. The third-order valence-electron chi connectivity index (χ3n) is 3.99. The van der Waals surface area contributed by atoms with Gasteiger partial charge >= 0.3 is 6.18 Å². The molecule has 132 valence electrons. The summed E-state index contributed by atoms with van der Waals surface area (Å²) in [6, 6.07) is 9.88. The molecular weight excluding hydrogens is 335 g/mol. The maximum atomic E-state index is 12.9.